The van der Waals surface area contributed by atoms with Crippen LogP contribution in [0.4, 0.5) is 0 Å². The highest BCUT2D eigenvalue weighted by molar-refractivity contribution is 4.92. The van der Waals surface area contributed by atoms with Crippen LogP contribution in [0.1, 0.15) is 33.1 Å². The zero-order valence-electron chi connectivity index (χ0n) is 9.63. The lowest BCUT2D eigenvalue weighted by Crippen LogP contribution is -2.37. The minimum atomic E-state index is 0.732. The molecule has 0 fully saturated rings. The Hall–Kier alpha value is -0.340. The standard InChI is InChI=1S/C12H24N2/c1-3-14(4-2)11-10-13-12-8-6-5-7-9-12/h5-6,12-13H,3-4,7-11H2,1-2H3. The van der Waals surface area contributed by atoms with Crippen molar-refractivity contribution in [2.75, 3.05) is 26.2 Å². The smallest absolute Gasteiger partial charge is 0.0107 e. The van der Waals surface area contributed by atoms with E-state index >= 15 is 0 Å². The largest absolute Gasteiger partial charge is 0.312 e. The lowest BCUT2D eigenvalue weighted by atomic mass is 10.0. The van der Waals surface area contributed by atoms with Crippen LogP contribution in [0.5, 0.6) is 0 Å². The van der Waals surface area contributed by atoms with Gasteiger partial charge in [0.25, 0.3) is 0 Å². The van der Waals surface area contributed by atoms with Crippen LogP contribution >= 0.6 is 0 Å². The molecule has 0 spiro atoms. The monoisotopic (exact) mass is 196 g/mol. The summed E-state index contributed by atoms with van der Waals surface area (Å²) in [6.45, 7) is 9.12. The Balaban J connectivity index is 2.05. The molecule has 82 valence electrons. The molecule has 1 aliphatic carbocycles. The third-order valence-corrected chi connectivity index (χ3v) is 3.02. The molecule has 1 atom stereocenters. The molecule has 0 amide bonds. The maximum atomic E-state index is 3.63. The van der Waals surface area contributed by atoms with Crippen LogP contribution in [0.25, 0.3) is 0 Å². The summed E-state index contributed by atoms with van der Waals surface area (Å²) in [4.78, 5) is 2.46. The normalized spacial score (nSPS) is 21.8. The average molecular weight is 196 g/mol. The van der Waals surface area contributed by atoms with E-state index in [2.05, 4.69) is 36.2 Å². The second-order valence-electron chi connectivity index (χ2n) is 3.96. The van der Waals surface area contributed by atoms with E-state index in [9.17, 15) is 0 Å². The molecule has 0 aromatic rings. The molecule has 0 aliphatic heterocycles. The predicted molar refractivity (Wildman–Crippen MR) is 62.6 cm³/mol. The van der Waals surface area contributed by atoms with Crippen molar-refractivity contribution in [2.45, 2.75) is 39.2 Å². The van der Waals surface area contributed by atoms with Crippen molar-refractivity contribution in [1.82, 2.24) is 10.2 Å². The minimum Gasteiger partial charge on any atom is -0.312 e. The Kier molecular flexibility index (Phi) is 5.88. The number of nitrogens with zero attached hydrogens (tertiary/aromatic N) is 1. The first-order valence-corrected chi connectivity index (χ1v) is 5.97. The lowest BCUT2D eigenvalue weighted by Gasteiger charge is -2.23. The van der Waals surface area contributed by atoms with Gasteiger partial charge in [0, 0.05) is 19.1 Å². The van der Waals surface area contributed by atoms with E-state index in [-0.39, 0.29) is 0 Å². The third-order valence-electron chi connectivity index (χ3n) is 3.02. The Bertz CT molecular complexity index is 162. The first kappa shape index (κ1) is 11.7. The highest BCUT2D eigenvalue weighted by atomic mass is 15.1. The van der Waals surface area contributed by atoms with Gasteiger partial charge >= 0.3 is 0 Å². The van der Waals surface area contributed by atoms with Gasteiger partial charge in [-0.2, -0.15) is 0 Å². The van der Waals surface area contributed by atoms with Gasteiger partial charge in [0.1, 0.15) is 0 Å². The molecule has 0 aromatic carbocycles. The molecule has 1 unspecified atom stereocenters. The molecule has 0 saturated carbocycles. The van der Waals surface area contributed by atoms with Crippen LogP contribution in [-0.4, -0.2) is 37.1 Å². The molecule has 0 bridgehead atoms. The number of hydrogen-bond donors (Lipinski definition) is 1. The van der Waals surface area contributed by atoms with Crippen molar-refractivity contribution in [1.29, 1.82) is 0 Å². The summed E-state index contributed by atoms with van der Waals surface area (Å²) in [5, 5.41) is 3.63. The first-order chi connectivity index (χ1) is 6.86. The Morgan fingerprint density at radius 1 is 1.29 bits per heavy atom. The molecule has 1 N–H and O–H groups in total. The SMILES string of the molecule is CCN(CC)CCNC1CC=CCC1. The van der Waals surface area contributed by atoms with Crippen LogP contribution in [0.3, 0.4) is 0 Å². The summed E-state index contributed by atoms with van der Waals surface area (Å²) in [6, 6.07) is 0.732. The molecule has 2 heteroatoms. The summed E-state index contributed by atoms with van der Waals surface area (Å²) in [7, 11) is 0. The van der Waals surface area contributed by atoms with Gasteiger partial charge in [-0.3, -0.25) is 0 Å². The molecule has 1 aliphatic rings. The van der Waals surface area contributed by atoms with Crippen LogP contribution in [0.15, 0.2) is 12.2 Å². The fraction of sp³-hybridized carbons (Fsp3) is 0.833. The number of hydrogen-bond acceptors (Lipinski definition) is 2. The minimum absolute atomic E-state index is 0.732. The highest BCUT2D eigenvalue weighted by Gasteiger charge is 2.08. The quantitative estimate of drug-likeness (QED) is 0.654. The van der Waals surface area contributed by atoms with Crippen LogP contribution < -0.4 is 5.32 Å². The second-order valence-corrected chi connectivity index (χ2v) is 3.96. The molecule has 2 nitrogen and oxygen atoms in total. The van der Waals surface area contributed by atoms with E-state index in [1.54, 1.807) is 0 Å². The van der Waals surface area contributed by atoms with Crippen molar-refractivity contribution < 1.29 is 0 Å². The fourth-order valence-electron chi connectivity index (χ4n) is 1.95. The summed E-state index contributed by atoms with van der Waals surface area (Å²) in [6.07, 6.45) is 8.39. The van der Waals surface area contributed by atoms with E-state index in [1.165, 1.54) is 38.9 Å². The zero-order chi connectivity index (χ0) is 10.2. The highest BCUT2D eigenvalue weighted by Crippen LogP contribution is 2.09. The molecule has 0 heterocycles. The number of rotatable bonds is 6. The van der Waals surface area contributed by atoms with Gasteiger partial charge in [0.05, 0.1) is 0 Å². The Morgan fingerprint density at radius 3 is 2.64 bits per heavy atom. The van der Waals surface area contributed by atoms with Gasteiger partial charge < -0.3 is 10.2 Å². The summed E-state index contributed by atoms with van der Waals surface area (Å²) < 4.78 is 0. The van der Waals surface area contributed by atoms with Crippen molar-refractivity contribution >= 4 is 0 Å². The van der Waals surface area contributed by atoms with Crippen LogP contribution in [0, 0.1) is 0 Å². The molecule has 1 rings (SSSR count). The van der Waals surface area contributed by atoms with Crippen LogP contribution in [-0.2, 0) is 0 Å². The maximum Gasteiger partial charge on any atom is 0.0107 e. The van der Waals surface area contributed by atoms with Gasteiger partial charge in [-0.25, -0.2) is 0 Å². The van der Waals surface area contributed by atoms with Crippen molar-refractivity contribution in [3.63, 3.8) is 0 Å². The zero-order valence-corrected chi connectivity index (χ0v) is 9.63. The van der Waals surface area contributed by atoms with Gasteiger partial charge in [-0.05, 0) is 32.4 Å². The Morgan fingerprint density at radius 2 is 2.07 bits per heavy atom. The van der Waals surface area contributed by atoms with E-state index in [0.717, 1.165) is 12.6 Å². The van der Waals surface area contributed by atoms with Gasteiger partial charge in [0.15, 0.2) is 0 Å². The molecule has 14 heavy (non-hydrogen) atoms. The molecule has 0 aromatic heterocycles. The average Bonchev–Trinajstić information content (AvgIpc) is 2.26. The summed E-state index contributed by atoms with van der Waals surface area (Å²) in [5.74, 6) is 0. The van der Waals surface area contributed by atoms with Gasteiger partial charge in [0.2, 0.25) is 0 Å². The van der Waals surface area contributed by atoms with Crippen LogP contribution in [0.2, 0.25) is 0 Å². The third kappa shape index (κ3) is 4.25. The van der Waals surface area contributed by atoms with E-state index < -0.39 is 0 Å². The molecule has 0 saturated heterocycles. The Labute approximate surface area is 88.4 Å². The fourth-order valence-corrected chi connectivity index (χ4v) is 1.95. The van der Waals surface area contributed by atoms with Crippen molar-refractivity contribution in [3.8, 4) is 0 Å². The maximum absolute atomic E-state index is 3.63. The van der Waals surface area contributed by atoms with Gasteiger partial charge in [-0.1, -0.05) is 26.0 Å². The number of likely N-dealkylation sites (N-methyl/N-ethyl adjacent to an activating group) is 1. The molecular weight excluding hydrogens is 172 g/mol. The number of allylic oxidation sites excluding steroid dienone is 1. The lowest BCUT2D eigenvalue weighted by molar-refractivity contribution is 0.294. The van der Waals surface area contributed by atoms with Crippen molar-refractivity contribution in [2.24, 2.45) is 0 Å². The van der Waals surface area contributed by atoms with Crippen molar-refractivity contribution in [3.05, 3.63) is 12.2 Å². The van der Waals surface area contributed by atoms with Gasteiger partial charge in [-0.15, -0.1) is 0 Å². The van der Waals surface area contributed by atoms with E-state index in [4.69, 9.17) is 0 Å². The first-order valence-electron chi connectivity index (χ1n) is 5.97. The predicted octanol–water partition coefficient (Wildman–Crippen LogP) is 2.03. The molecular formula is C12H24N2. The second kappa shape index (κ2) is 7.02. The van der Waals surface area contributed by atoms with E-state index in [0.29, 0.717) is 0 Å². The summed E-state index contributed by atoms with van der Waals surface area (Å²) in [5.41, 5.74) is 0. The molecule has 0 radical (unpaired) electrons. The van der Waals surface area contributed by atoms with E-state index in [1.807, 2.05) is 0 Å². The topological polar surface area (TPSA) is 15.3 Å². The number of nitrogens with one attached hydrogen (secondary N) is 1. The summed E-state index contributed by atoms with van der Waals surface area (Å²) >= 11 is 0.